The standard InChI is InChI=1S/C10H16OS/c1-9(11)12-10-7-5-3-2-4-6-8-10/h5,7,10H,2-4,6,8H2,1H3/b7-5-/t10-/m1/s1. The number of hydrogen-bond donors (Lipinski definition) is 0. The summed E-state index contributed by atoms with van der Waals surface area (Å²) in [7, 11) is 0. The zero-order chi connectivity index (χ0) is 8.81. The van der Waals surface area contributed by atoms with Gasteiger partial charge in [-0.1, -0.05) is 36.8 Å². The molecule has 68 valence electrons. The van der Waals surface area contributed by atoms with Gasteiger partial charge in [0.1, 0.15) is 0 Å². The van der Waals surface area contributed by atoms with Crippen molar-refractivity contribution in [2.75, 3.05) is 0 Å². The topological polar surface area (TPSA) is 17.1 Å². The van der Waals surface area contributed by atoms with Gasteiger partial charge in [0.15, 0.2) is 5.12 Å². The van der Waals surface area contributed by atoms with Gasteiger partial charge in [-0.2, -0.15) is 0 Å². The van der Waals surface area contributed by atoms with Gasteiger partial charge in [-0.05, 0) is 19.3 Å². The highest BCUT2D eigenvalue weighted by molar-refractivity contribution is 8.14. The molecular weight excluding hydrogens is 168 g/mol. The van der Waals surface area contributed by atoms with E-state index in [1.165, 1.54) is 43.9 Å². The molecule has 0 heterocycles. The molecule has 0 bridgehead atoms. The molecule has 12 heavy (non-hydrogen) atoms. The zero-order valence-corrected chi connectivity index (χ0v) is 8.40. The second-order valence-corrected chi connectivity index (χ2v) is 4.63. The van der Waals surface area contributed by atoms with Crippen LogP contribution in [-0.4, -0.2) is 10.4 Å². The van der Waals surface area contributed by atoms with E-state index >= 15 is 0 Å². The Bertz CT molecular complexity index is 175. The first-order chi connectivity index (χ1) is 5.79. The van der Waals surface area contributed by atoms with Crippen molar-refractivity contribution in [2.24, 2.45) is 0 Å². The third kappa shape index (κ3) is 3.96. The molecular formula is C10H16OS. The lowest BCUT2D eigenvalue weighted by molar-refractivity contribution is -0.109. The summed E-state index contributed by atoms with van der Waals surface area (Å²) in [5.74, 6) is 0. The second kappa shape index (κ2) is 5.41. The lowest BCUT2D eigenvalue weighted by atomic mass is 10.1. The minimum atomic E-state index is 0.241. The van der Waals surface area contributed by atoms with Crippen LogP contribution in [0.3, 0.4) is 0 Å². The summed E-state index contributed by atoms with van der Waals surface area (Å²) in [6, 6.07) is 0. The lowest BCUT2D eigenvalue weighted by Crippen LogP contribution is -2.03. The Morgan fingerprint density at radius 1 is 1.42 bits per heavy atom. The van der Waals surface area contributed by atoms with Crippen LogP contribution >= 0.6 is 11.8 Å². The number of carbonyl (C=O) groups excluding carboxylic acids is 1. The minimum Gasteiger partial charge on any atom is -0.288 e. The highest BCUT2D eigenvalue weighted by Crippen LogP contribution is 2.22. The largest absolute Gasteiger partial charge is 0.288 e. The van der Waals surface area contributed by atoms with Gasteiger partial charge in [0.05, 0.1) is 0 Å². The highest BCUT2D eigenvalue weighted by Gasteiger charge is 2.09. The van der Waals surface area contributed by atoms with E-state index in [-0.39, 0.29) is 5.12 Å². The Morgan fingerprint density at radius 2 is 2.25 bits per heavy atom. The molecule has 0 amide bonds. The zero-order valence-electron chi connectivity index (χ0n) is 7.58. The maximum atomic E-state index is 10.8. The summed E-state index contributed by atoms with van der Waals surface area (Å²) in [5, 5.41) is 0.688. The van der Waals surface area contributed by atoms with Gasteiger partial charge in [-0.25, -0.2) is 0 Å². The molecule has 1 aliphatic rings. The van der Waals surface area contributed by atoms with Crippen molar-refractivity contribution in [1.82, 2.24) is 0 Å². The number of rotatable bonds is 1. The molecule has 0 fully saturated rings. The van der Waals surface area contributed by atoms with Crippen LogP contribution in [0.1, 0.15) is 39.0 Å². The number of hydrogen-bond acceptors (Lipinski definition) is 2. The smallest absolute Gasteiger partial charge is 0.186 e. The van der Waals surface area contributed by atoms with Crippen molar-refractivity contribution >= 4 is 16.9 Å². The van der Waals surface area contributed by atoms with Crippen LogP contribution in [0.5, 0.6) is 0 Å². The molecule has 1 nitrogen and oxygen atoms in total. The Labute approximate surface area is 78.6 Å². The maximum absolute atomic E-state index is 10.8. The van der Waals surface area contributed by atoms with E-state index in [0.29, 0.717) is 5.25 Å². The van der Waals surface area contributed by atoms with Gasteiger partial charge in [-0.15, -0.1) is 0 Å². The summed E-state index contributed by atoms with van der Waals surface area (Å²) in [6.45, 7) is 1.65. The molecule has 0 radical (unpaired) electrons. The molecule has 0 aromatic rings. The molecule has 0 aromatic carbocycles. The average molecular weight is 184 g/mol. The van der Waals surface area contributed by atoms with Crippen molar-refractivity contribution in [1.29, 1.82) is 0 Å². The molecule has 2 heteroatoms. The maximum Gasteiger partial charge on any atom is 0.186 e. The van der Waals surface area contributed by atoms with Gasteiger partial charge in [0.25, 0.3) is 0 Å². The number of carbonyl (C=O) groups is 1. The van der Waals surface area contributed by atoms with Crippen molar-refractivity contribution in [3.63, 3.8) is 0 Å². The molecule has 0 N–H and O–H groups in total. The fourth-order valence-corrected chi connectivity index (χ4v) is 2.34. The molecule has 0 saturated heterocycles. The van der Waals surface area contributed by atoms with Gasteiger partial charge in [0.2, 0.25) is 0 Å². The van der Waals surface area contributed by atoms with Crippen LogP contribution in [0.2, 0.25) is 0 Å². The molecule has 0 aliphatic heterocycles. The number of thioether (sulfide) groups is 1. The van der Waals surface area contributed by atoms with Gasteiger partial charge < -0.3 is 0 Å². The summed E-state index contributed by atoms with van der Waals surface area (Å²) in [5.41, 5.74) is 0. The first kappa shape index (κ1) is 9.85. The quantitative estimate of drug-likeness (QED) is 0.582. The van der Waals surface area contributed by atoms with Crippen molar-refractivity contribution in [3.8, 4) is 0 Å². The second-order valence-electron chi connectivity index (χ2n) is 3.21. The predicted octanol–water partition coefficient (Wildman–Crippen LogP) is 3.16. The Kier molecular flexibility index (Phi) is 4.44. The molecule has 0 aromatic heterocycles. The Morgan fingerprint density at radius 3 is 3.00 bits per heavy atom. The van der Waals surface area contributed by atoms with Gasteiger partial charge in [0, 0.05) is 12.2 Å². The first-order valence-electron chi connectivity index (χ1n) is 4.63. The Hall–Kier alpha value is -0.240. The fourth-order valence-electron chi connectivity index (χ4n) is 1.44. The summed E-state index contributed by atoms with van der Waals surface area (Å²) in [4.78, 5) is 10.8. The third-order valence-electron chi connectivity index (χ3n) is 2.03. The SMILES string of the molecule is CC(=O)S[C@@H]1/C=C\CCCCC1. The minimum absolute atomic E-state index is 0.241. The van der Waals surface area contributed by atoms with E-state index in [0.717, 1.165) is 0 Å². The Balaban J connectivity index is 2.38. The molecule has 0 unspecified atom stereocenters. The third-order valence-corrected chi connectivity index (χ3v) is 3.06. The van der Waals surface area contributed by atoms with Crippen LogP contribution < -0.4 is 0 Å². The van der Waals surface area contributed by atoms with Gasteiger partial charge >= 0.3 is 0 Å². The van der Waals surface area contributed by atoms with Crippen LogP contribution in [-0.2, 0) is 4.79 Å². The molecule has 0 spiro atoms. The van der Waals surface area contributed by atoms with Crippen LogP contribution in [0.15, 0.2) is 12.2 Å². The highest BCUT2D eigenvalue weighted by atomic mass is 32.2. The van der Waals surface area contributed by atoms with E-state index in [1.54, 1.807) is 6.92 Å². The van der Waals surface area contributed by atoms with Crippen LogP contribution in [0.4, 0.5) is 0 Å². The number of allylic oxidation sites excluding steroid dienone is 1. The molecule has 1 aliphatic carbocycles. The van der Waals surface area contributed by atoms with Crippen molar-refractivity contribution in [3.05, 3.63) is 12.2 Å². The predicted molar refractivity (Wildman–Crippen MR) is 54.3 cm³/mol. The molecule has 0 saturated carbocycles. The fraction of sp³-hybridized carbons (Fsp3) is 0.700. The molecule has 1 atom stereocenters. The monoisotopic (exact) mass is 184 g/mol. The molecule has 1 rings (SSSR count). The first-order valence-corrected chi connectivity index (χ1v) is 5.51. The lowest BCUT2D eigenvalue weighted by Gasteiger charge is -2.12. The van der Waals surface area contributed by atoms with Crippen molar-refractivity contribution < 1.29 is 4.79 Å². The van der Waals surface area contributed by atoms with Gasteiger partial charge in [-0.3, -0.25) is 4.79 Å². The van der Waals surface area contributed by atoms with E-state index in [1.807, 2.05) is 0 Å². The van der Waals surface area contributed by atoms with Crippen LogP contribution in [0.25, 0.3) is 0 Å². The van der Waals surface area contributed by atoms with Crippen LogP contribution in [0, 0.1) is 0 Å². The summed E-state index contributed by atoms with van der Waals surface area (Å²) in [6.07, 6.45) is 10.7. The van der Waals surface area contributed by atoms with E-state index < -0.39 is 0 Å². The summed E-state index contributed by atoms with van der Waals surface area (Å²) < 4.78 is 0. The van der Waals surface area contributed by atoms with E-state index in [9.17, 15) is 4.79 Å². The van der Waals surface area contributed by atoms with E-state index in [4.69, 9.17) is 0 Å². The normalized spacial score (nSPS) is 27.2. The average Bonchev–Trinajstić information content (AvgIpc) is 1.93. The van der Waals surface area contributed by atoms with Crippen molar-refractivity contribution in [2.45, 2.75) is 44.3 Å². The van der Waals surface area contributed by atoms with E-state index in [2.05, 4.69) is 12.2 Å². The summed E-state index contributed by atoms with van der Waals surface area (Å²) >= 11 is 1.47.